The van der Waals surface area contributed by atoms with E-state index in [0.29, 0.717) is 22.6 Å². The molecule has 2 heteroatoms. The first-order chi connectivity index (χ1) is 9.65. The lowest BCUT2D eigenvalue weighted by Crippen LogP contribution is -2.01. The van der Waals surface area contributed by atoms with Crippen molar-refractivity contribution in [2.45, 2.75) is 19.8 Å². The van der Waals surface area contributed by atoms with Crippen LogP contribution in [0.25, 0.3) is 22.3 Å². The predicted molar refractivity (Wildman–Crippen MR) is 82.0 cm³/mol. The van der Waals surface area contributed by atoms with E-state index in [9.17, 15) is 4.79 Å². The molecule has 2 nitrogen and oxygen atoms in total. The van der Waals surface area contributed by atoms with E-state index in [1.165, 1.54) is 0 Å². The molecular weight excluding hydrogens is 248 g/mol. The molecule has 0 aliphatic carbocycles. The molecule has 0 amide bonds. The van der Waals surface area contributed by atoms with E-state index in [4.69, 9.17) is 4.42 Å². The monoisotopic (exact) mass is 264 g/mol. The number of fused-ring (bicyclic) bond motifs is 1. The van der Waals surface area contributed by atoms with E-state index in [1.54, 1.807) is 6.07 Å². The summed E-state index contributed by atoms with van der Waals surface area (Å²) in [4.78, 5) is 12.3. The minimum Gasteiger partial charge on any atom is -0.456 e. The molecular formula is C18H16O2. The fraction of sp³-hybridized carbons (Fsp3) is 0.167. The molecule has 0 atom stereocenters. The van der Waals surface area contributed by atoms with E-state index < -0.39 is 0 Å². The van der Waals surface area contributed by atoms with Gasteiger partial charge in [-0.1, -0.05) is 50.2 Å². The Morgan fingerprint density at radius 2 is 1.70 bits per heavy atom. The van der Waals surface area contributed by atoms with Gasteiger partial charge in [-0.05, 0) is 23.6 Å². The molecule has 0 bridgehead atoms. The van der Waals surface area contributed by atoms with Crippen LogP contribution in [-0.2, 0) is 0 Å². The maximum absolute atomic E-state index is 12.3. The Bertz CT molecular complexity index is 799. The summed E-state index contributed by atoms with van der Waals surface area (Å²) in [6.07, 6.45) is 0. The summed E-state index contributed by atoms with van der Waals surface area (Å²) in [7, 11) is 0. The number of hydrogen-bond acceptors (Lipinski definition) is 2. The van der Waals surface area contributed by atoms with Crippen LogP contribution in [0.5, 0.6) is 0 Å². The smallest absolute Gasteiger partial charge is 0.193 e. The van der Waals surface area contributed by atoms with E-state index in [2.05, 4.69) is 13.8 Å². The first-order valence-electron chi connectivity index (χ1n) is 6.78. The average Bonchev–Trinajstić information content (AvgIpc) is 2.47. The summed E-state index contributed by atoms with van der Waals surface area (Å²) < 4.78 is 5.86. The molecule has 20 heavy (non-hydrogen) atoms. The third-order valence-electron chi connectivity index (χ3n) is 3.48. The van der Waals surface area contributed by atoms with Crippen LogP contribution in [-0.4, -0.2) is 0 Å². The summed E-state index contributed by atoms with van der Waals surface area (Å²) in [5.41, 5.74) is 2.71. The molecule has 100 valence electrons. The summed E-state index contributed by atoms with van der Waals surface area (Å²) in [6.45, 7) is 4.22. The first kappa shape index (κ1) is 12.7. The van der Waals surface area contributed by atoms with Gasteiger partial charge in [0.05, 0.1) is 5.39 Å². The second-order valence-corrected chi connectivity index (χ2v) is 5.25. The molecule has 0 N–H and O–H groups in total. The summed E-state index contributed by atoms with van der Waals surface area (Å²) in [5.74, 6) is 1.01. The van der Waals surface area contributed by atoms with Crippen LogP contribution in [0.3, 0.4) is 0 Å². The molecule has 2 aromatic carbocycles. The molecule has 0 saturated heterocycles. The van der Waals surface area contributed by atoms with Gasteiger partial charge in [-0.3, -0.25) is 4.79 Å². The highest BCUT2D eigenvalue weighted by atomic mass is 16.3. The second kappa shape index (κ2) is 4.97. The lowest BCUT2D eigenvalue weighted by atomic mass is 10.0. The lowest BCUT2D eigenvalue weighted by molar-refractivity contribution is 0.618. The molecule has 0 fully saturated rings. The van der Waals surface area contributed by atoms with Crippen molar-refractivity contribution in [2.24, 2.45) is 0 Å². The number of rotatable bonds is 2. The first-order valence-corrected chi connectivity index (χ1v) is 6.78. The third-order valence-corrected chi connectivity index (χ3v) is 3.48. The van der Waals surface area contributed by atoms with Crippen molar-refractivity contribution in [3.63, 3.8) is 0 Å². The van der Waals surface area contributed by atoms with E-state index >= 15 is 0 Å². The largest absolute Gasteiger partial charge is 0.456 e. The van der Waals surface area contributed by atoms with Crippen molar-refractivity contribution >= 4 is 11.0 Å². The molecule has 0 aliphatic heterocycles. The maximum Gasteiger partial charge on any atom is 0.193 e. The van der Waals surface area contributed by atoms with Gasteiger partial charge in [0.2, 0.25) is 0 Å². The van der Waals surface area contributed by atoms with Gasteiger partial charge in [-0.2, -0.15) is 0 Å². The Morgan fingerprint density at radius 3 is 2.40 bits per heavy atom. The topological polar surface area (TPSA) is 30.2 Å². The van der Waals surface area contributed by atoms with Crippen LogP contribution in [0.2, 0.25) is 0 Å². The molecule has 3 rings (SSSR count). The summed E-state index contributed by atoms with van der Waals surface area (Å²) in [6, 6.07) is 17.1. The predicted octanol–water partition coefficient (Wildman–Crippen LogP) is 4.58. The average molecular weight is 264 g/mol. The highest BCUT2D eigenvalue weighted by molar-refractivity contribution is 5.79. The highest BCUT2D eigenvalue weighted by Gasteiger charge is 2.08. The zero-order valence-electron chi connectivity index (χ0n) is 11.6. The molecule has 0 spiro atoms. The normalized spacial score (nSPS) is 11.2. The summed E-state index contributed by atoms with van der Waals surface area (Å²) >= 11 is 0. The van der Waals surface area contributed by atoms with Gasteiger partial charge >= 0.3 is 0 Å². The van der Waals surface area contributed by atoms with Crippen LogP contribution >= 0.6 is 0 Å². The van der Waals surface area contributed by atoms with Crippen LogP contribution in [0, 0.1) is 0 Å². The molecule has 0 unspecified atom stereocenters. The van der Waals surface area contributed by atoms with Gasteiger partial charge in [0.15, 0.2) is 5.43 Å². The van der Waals surface area contributed by atoms with E-state index in [-0.39, 0.29) is 5.43 Å². The standard InChI is InChI=1S/C18H16O2/c1-12(2)14-8-9-17-15(10-14)16(19)11-18(20-17)13-6-4-3-5-7-13/h3-12H,1-2H3. The Kier molecular flexibility index (Phi) is 3.15. The van der Waals surface area contributed by atoms with Gasteiger partial charge in [-0.15, -0.1) is 0 Å². The van der Waals surface area contributed by atoms with Crippen molar-refractivity contribution in [2.75, 3.05) is 0 Å². The van der Waals surface area contributed by atoms with E-state index in [1.807, 2.05) is 48.5 Å². The second-order valence-electron chi connectivity index (χ2n) is 5.25. The summed E-state index contributed by atoms with van der Waals surface area (Å²) in [5, 5.41) is 0.649. The van der Waals surface area contributed by atoms with Gasteiger partial charge < -0.3 is 4.42 Å². The van der Waals surface area contributed by atoms with Crippen molar-refractivity contribution in [1.82, 2.24) is 0 Å². The van der Waals surface area contributed by atoms with Crippen molar-refractivity contribution in [1.29, 1.82) is 0 Å². The molecule has 3 aromatic rings. The van der Waals surface area contributed by atoms with E-state index in [0.717, 1.165) is 11.1 Å². The van der Waals surface area contributed by atoms with Gasteiger partial charge in [-0.25, -0.2) is 0 Å². The maximum atomic E-state index is 12.3. The van der Waals surface area contributed by atoms with Crippen LogP contribution < -0.4 is 5.43 Å². The Labute approximate surface area is 117 Å². The zero-order chi connectivity index (χ0) is 14.1. The van der Waals surface area contributed by atoms with Crippen LogP contribution in [0.4, 0.5) is 0 Å². The fourth-order valence-electron chi connectivity index (χ4n) is 2.28. The van der Waals surface area contributed by atoms with Crippen molar-refractivity contribution < 1.29 is 4.42 Å². The van der Waals surface area contributed by atoms with Gasteiger partial charge in [0, 0.05) is 11.6 Å². The minimum absolute atomic E-state index is 0.00704. The third kappa shape index (κ3) is 2.25. The Balaban J connectivity index is 2.21. The van der Waals surface area contributed by atoms with Crippen molar-refractivity contribution in [3.05, 3.63) is 70.4 Å². The van der Waals surface area contributed by atoms with Gasteiger partial charge in [0.25, 0.3) is 0 Å². The number of hydrogen-bond donors (Lipinski definition) is 0. The quantitative estimate of drug-likeness (QED) is 0.678. The van der Waals surface area contributed by atoms with Crippen LogP contribution in [0.15, 0.2) is 63.8 Å². The van der Waals surface area contributed by atoms with Crippen LogP contribution in [0.1, 0.15) is 25.3 Å². The van der Waals surface area contributed by atoms with Crippen molar-refractivity contribution in [3.8, 4) is 11.3 Å². The van der Waals surface area contributed by atoms with Gasteiger partial charge in [0.1, 0.15) is 11.3 Å². The Morgan fingerprint density at radius 1 is 0.950 bits per heavy atom. The minimum atomic E-state index is 0.00704. The molecule has 0 aliphatic rings. The molecule has 1 aromatic heterocycles. The zero-order valence-corrected chi connectivity index (χ0v) is 11.6. The molecule has 0 radical (unpaired) electrons. The Hall–Kier alpha value is -2.35. The molecule has 0 saturated carbocycles. The lowest BCUT2D eigenvalue weighted by Gasteiger charge is -2.07. The fourth-order valence-corrected chi connectivity index (χ4v) is 2.28. The SMILES string of the molecule is CC(C)c1ccc2oc(-c3ccccc3)cc(=O)c2c1. The molecule has 1 heterocycles. The highest BCUT2D eigenvalue weighted by Crippen LogP contribution is 2.24. The number of benzene rings is 2.